The van der Waals surface area contributed by atoms with E-state index in [1.54, 1.807) is 0 Å². The number of rotatable bonds is 3. The van der Waals surface area contributed by atoms with E-state index in [1.165, 1.54) is 19.3 Å². The van der Waals surface area contributed by atoms with Crippen molar-refractivity contribution in [2.24, 2.45) is 5.92 Å². The van der Waals surface area contributed by atoms with Crippen molar-refractivity contribution < 1.29 is 4.79 Å². The van der Waals surface area contributed by atoms with Crippen LogP contribution in [-0.2, 0) is 4.79 Å². The average Bonchev–Trinajstić information content (AvgIpc) is 2.57. The normalized spacial score (nSPS) is 20.9. The molecule has 2 fully saturated rings. The van der Waals surface area contributed by atoms with Crippen LogP contribution in [0, 0.1) is 5.92 Å². The van der Waals surface area contributed by atoms with Gasteiger partial charge in [-0.2, -0.15) is 0 Å². The number of likely N-dealkylation sites (N-methyl/N-ethyl adjacent to an activating group) is 1. The third kappa shape index (κ3) is 3.77. The van der Waals surface area contributed by atoms with Crippen molar-refractivity contribution >= 4 is 17.4 Å². The van der Waals surface area contributed by atoms with Crippen LogP contribution in [-0.4, -0.2) is 49.0 Å². The molecule has 0 radical (unpaired) electrons. The summed E-state index contributed by atoms with van der Waals surface area (Å²) in [4.78, 5) is 21.3. The van der Waals surface area contributed by atoms with Gasteiger partial charge < -0.3 is 15.1 Å². The third-order valence-corrected chi connectivity index (χ3v) is 4.84. The second-order valence-corrected chi connectivity index (χ2v) is 6.52. The summed E-state index contributed by atoms with van der Waals surface area (Å²) in [7, 11) is 2.15. The van der Waals surface area contributed by atoms with Crippen molar-refractivity contribution in [3.8, 4) is 0 Å². The lowest BCUT2D eigenvalue weighted by Gasteiger charge is -2.33. The standard InChI is InChI=1S/C17H26N4O/c1-20-9-11-21(12-10-20)15-7-8-16(18-13-15)19-17(22)14-5-3-2-4-6-14/h7-8,13-14H,2-6,9-12H2,1H3,(H,18,19,22). The molecule has 5 nitrogen and oxygen atoms in total. The molecule has 0 spiro atoms. The number of carbonyl (C=O) groups is 1. The number of nitrogens with zero attached hydrogens (tertiary/aromatic N) is 3. The molecule has 1 aromatic rings. The first kappa shape index (κ1) is 15.3. The summed E-state index contributed by atoms with van der Waals surface area (Å²) in [6.45, 7) is 4.23. The molecule has 120 valence electrons. The van der Waals surface area contributed by atoms with E-state index in [-0.39, 0.29) is 11.8 Å². The minimum absolute atomic E-state index is 0.138. The van der Waals surface area contributed by atoms with Gasteiger partial charge in [-0.15, -0.1) is 0 Å². The molecule has 1 saturated heterocycles. The zero-order chi connectivity index (χ0) is 15.4. The fraction of sp³-hybridized carbons (Fsp3) is 0.647. The largest absolute Gasteiger partial charge is 0.368 e. The smallest absolute Gasteiger partial charge is 0.228 e. The van der Waals surface area contributed by atoms with Crippen molar-refractivity contribution in [3.05, 3.63) is 18.3 Å². The number of hydrogen-bond donors (Lipinski definition) is 1. The quantitative estimate of drug-likeness (QED) is 0.931. The minimum atomic E-state index is 0.138. The summed E-state index contributed by atoms with van der Waals surface area (Å²) in [5.41, 5.74) is 1.14. The molecule has 1 saturated carbocycles. The number of amides is 1. The van der Waals surface area contributed by atoms with Gasteiger partial charge in [-0.1, -0.05) is 19.3 Å². The first-order valence-corrected chi connectivity index (χ1v) is 8.43. The van der Waals surface area contributed by atoms with Gasteiger partial charge >= 0.3 is 0 Å². The van der Waals surface area contributed by atoms with Crippen molar-refractivity contribution in [1.29, 1.82) is 0 Å². The number of carbonyl (C=O) groups excluding carboxylic acids is 1. The molecule has 1 N–H and O–H groups in total. The van der Waals surface area contributed by atoms with Gasteiger partial charge in [-0.3, -0.25) is 4.79 Å². The monoisotopic (exact) mass is 302 g/mol. The Morgan fingerprint density at radius 2 is 1.86 bits per heavy atom. The molecule has 3 rings (SSSR count). The molecule has 1 aromatic heterocycles. The van der Waals surface area contributed by atoms with Gasteiger partial charge in [0.1, 0.15) is 5.82 Å². The van der Waals surface area contributed by atoms with E-state index in [4.69, 9.17) is 0 Å². The highest BCUT2D eigenvalue weighted by molar-refractivity contribution is 5.91. The van der Waals surface area contributed by atoms with E-state index in [0.717, 1.165) is 44.7 Å². The predicted octanol–water partition coefficient (Wildman–Crippen LogP) is 2.35. The van der Waals surface area contributed by atoms with Gasteiger partial charge in [0.15, 0.2) is 0 Å². The maximum atomic E-state index is 12.2. The molecule has 2 aliphatic rings. The maximum absolute atomic E-state index is 12.2. The first-order valence-electron chi connectivity index (χ1n) is 8.43. The van der Waals surface area contributed by atoms with Crippen LogP contribution in [0.3, 0.4) is 0 Å². The van der Waals surface area contributed by atoms with Gasteiger partial charge in [-0.25, -0.2) is 4.98 Å². The Kier molecular flexibility index (Phi) is 4.93. The third-order valence-electron chi connectivity index (χ3n) is 4.84. The Morgan fingerprint density at radius 3 is 2.50 bits per heavy atom. The van der Waals surface area contributed by atoms with Gasteiger partial charge in [-0.05, 0) is 32.0 Å². The predicted molar refractivity (Wildman–Crippen MR) is 89.2 cm³/mol. The summed E-state index contributed by atoms with van der Waals surface area (Å²) < 4.78 is 0. The molecule has 1 amide bonds. The van der Waals surface area contributed by atoms with Crippen molar-refractivity contribution in [2.75, 3.05) is 43.4 Å². The second kappa shape index (κ2) is 7.09. The van der Waals surface area contributed by atoms with E-state index in [2.05, 4.69) is 33.2 Å². The van der Waals surface area contributed by atoms with E-state index >= 15 is 0 Å². The van der Waals surface area contributed by atoms with Crippen LogP contribution in [0.25, 0.3) is 0 Å². The highest BCUT2D eigenvalue weighted by Crippen LogP contribution is 2.25. The minimum Gasteiger partial charge on any atom is -0.368 e. The van der Waals surface area contributed by atoms with Gasteiger partial charge in [0.25, 0.3) is 0 Å². The number of piperazine rings is 1. The zero-order valence-electron chi connectivity index (χ0n) is 13.4. The molecule has 22 heavy (non-hydrogen) atoms. The number of aromatic nitrogens is 1. The van der Waals surface area contributed by atoms with E-state index < -0.39 is 0 Å². The molecule has 5 heteroatoms. The molecule has 0 atom stereocenters. The molecule has 2 heterocycles. The number of pyridine rings is 1. The fourth-order valence-electron chi connectivity index (χ4n) is 3.30. The average molecular weight is 302 g/mol. The van der Waals surface area contributed by atoms with E-state index in [0.29, 0.717) is 5.82 Å². The highest BCUT2D eigenvalue weighted by Gasteiger charge is 2.21. The number of nitrogens with one attached hydrogen (secondary N) is 1. The Morgan fingerprint density at radius 1 is 1.14 bits per heavy atom. The molecule has 0 unspecified atom stereocenters. The second-order valence-electron chi connectivity index (χ2n) is 6.52. The first-order chi connectivity index (χ1) is 10.7. The summed E-state index contributed by atoms with van der Waals surface area (Å²) in [6, 6.07) is 3.99. The number of hydrogen-bond acceptors (Lipinski definition) is 4. The highest BCUT2D eigenvalue weighted by atomic mass is 16.1. The summed E-state index contributed by atoms with van der Waals surface area (Å²) >= 11 is 0. The Hall–Kier alpha value is -1.62. The van der Waals surface area contributed by atoms with Crippen LogP contribution in [0.2, 0.25) is 0 Å². The van der Waals surface area contributed by atoms with E-state index in [1.807, 2.05) is 12.3 Å². The zero-order valence-corrected chi connectivity index (χ0v) is 13.4. The fourth-order valence-corrected chi connectivity index (χ4v) is 3.30. The number of anilines is 2. The lowest BCUT2D eigenvalue weighted by molar-refractivity contribution is -0.120. The van der Waals surface area contributed by atoms with Crippen molar-refractivity contribution in [1.82, 2.24) is 9.88 Å². The topological polar surface area (TPSA) is 48.5 Å². The summed E-state index contributed by atoms with van der Waals surface area (Å²) in [6.07, 6.45) is 7.53. The summed E-state index contributed by atoms with van der Waals surface area (Å²) in [5.74, 6) is 0.987. The van der Waals surface area contributed by atoms with Crippen LogP contribution in [0.1, 0.15) is 32.1 Å². The van der Waals surface area contributed by atoms with Crippen LogP contribution < -0.4 is 10.2 Å². The lowest BCUT2D eigenvalue weighted by atomic mass is 9.89. The van der Waals surface area contributed by atoms with Crippen molar-refractivity contribution in [2.45, 2.75) is 32.1 Å². The Bertz CT molecular complexity index is 488. The molecule has 0 aromatic carbocycles. The molecule has 1 aliphatic heterocycles. The summed E-state index contributed by atoms with van der Waals surface area (Å²) in [5, 5.41) is 2.97. The van der Waals surface area contributed by atoms with Crippen molar-refractivity contribution in [3.63, 3.8) is 0 Å². The SMILES string of the molecule is CN1CCN(c2ccc(NC(=O)C3CCCCC3)nc2)CC1. The molecular formula is C17H26N4O. The van der Waals surface area contributed by atoms with Crippen LogP contribution in [0.15, 0.2) is 18.3 Å². The van der Waals surface area contributed by atoms with E-state index in [9.17, 15) is 4.79 Å². The maximum Gasteiger partial charge on any atom is 0.228 e. The van der Waals surface area contributed by atoms with Crippen LogP contribution in [0.4, 0.5) is 11.5 Å². The molecular weight excluding hydrogens is 276 g/mol. The molecule has 0 bridgehead atoms. The van der Waals surface area contributed by atoms with Gasteiger partial charge in [0, 0.05) is 32.1 Å². The van der Waals surface area contributed by atoms with Gasteiger partial charge in [0.2, 0.25) is 5.91 Å². The lowest BCUT2D eigenvalue weighted by Crippen LogP contribution is -2.44. The Labute approximate surface area is 132 Å². The Balaban J connectivity index is 1.56. The van der Waals surface area contributed by atoms with Crippen LogP contribution in [0.5, 0.6) is 0 Å². The molecule has 1 aliphatic carbocycles. The van der Waals surface area contributed by atoms with Crippen LogP contribution >= 0.6 is 0 Å². The van der Waals surface area contributed by atoms with Gasteiger partial charge in [0.05, 0.1) is 11.9 Å².